The number of aromatic hydroxyl groups is 1. The van der Waals surface area contributed by atoms with Gasteiger partial charge in [0.25, 0.3) is 5.91 Å². The molecule has 0 radical (unpaired) electrons. The van der Waals surface area contributed by atoms with Gasteiger partial charge in [0.15, 0.2) is 0 Å². The Balaban J connectivity index is 2.01. The monoisotopic (exact) mass is 298 g/mol. The van der Waals surface area contributed by atoms with Crippen LogP contribution in [0.25, 0.3) is 0 Å². The summed E-state index contributed by atoms with van der Waals surface area (Å²) in [7, 11) is 0. The van der Waals surface area contributed by atoms with Crippen molar-refractivity contribution in [2.45, 2.75) is 13.8 Å². The summed E-state index contributed by atoms with van der Waals surface area (Å²) in [6.45, 7) is 4.27. The van der Waals surface area contributed by atoms with Gasteiger partial charge in [-0.1, -0.05) is 0 Å². The second-order valence-corrected chi connectivity index (χ2v) is 4.64. The van der Waals surface area contributed by atoms with Crippen molar-refractivity contribution in [3.05, 3.63) is 59.7 Å². The molecule has 2 aromatic rings. The summed E-state index contributed by atoms with van der Waals surface area (Å²) in [5.74, 6) is 0.624. The quantitative estimate of drug-likeness (QED) is 0.658. The fourth-order valence-electron chi connectivity index (χ4n) is 1.84. The topological polar surface area (TPSA) is 70.9 Å². The van der Waals surface area contributed by atoms with Crippen LogP contribution in [0.2, 0.25) is 0 Å². The minimum absolute atomic E-state index is 0.190. The lowest BCUT2D eigenvalue weighted by Crippen LogP contribution is -2.19. The van der Waals surface area contributed by atoms with Crippen LogP contribution < -0.4 is 10.2 Å². The van der Waals surface area contributed by atoms with E-state index < -0.39 is 0 Å². The predicted octanol–water partition coefficient (Wildman–Crippen LogP) is 2.94. The van der Waals surface area contributed by atoms with Crippen LogP contribution in [-0.4, -0.2) is 23.3 Å². The van der Waals surface area contributed by atoms with E-state index in [1.165, 1.54) is 0 Å². The maximum absolute atomic E-state index is 12.0. The molecule has 1 amide bonds. The van der Waals surface area contributed by atoms with Crippen molar-refractivity contribution in [2.75, 3.05) is 6.61 Å². The lowest BCUT2D eigenvalue weighted by atomic mass is 10.1. The van der Waals surface area contributed by atoms with Gasteiger partial charge in [-0.2, -0.15) is 5.10 Å². The normalized spacial score (nSPS) is 11.1. The number of hydrogen-bond acceptors (Lipinski definition) is 4. The standard InChI is InChI=1S/C17H18N2O3/c1-3-22-16-10-6-14(7-11-16)17(21)19-18-12(2)13-4-8-15(20)9-5-13/h4-11,20H,3H2,1-2H3,(H,19,21)/b18-12-. The Kier molecular flexibility index (Phi) is 5.14. The largest absolute Gasteiger partial charge is 0.508 e. The number of benzene rings is 2. The number of amides is 1. The van der Waals surface area contributed by atoms with Crippen LogP contribution in [-0.2, 0) is 0 Å². The maximum Gasteiger partial charge on any atom is 0.271 e. The lowest BCUT2D eigenvalue weighted by molar-refractivity contribution is 0.0955. The molecule has 0 fully saturated rings. The molecule has 0 aliphatic heterocycles. The van der Waals surface area contributed by atoms with Gasteiger partial charge in [0.05, 0.1) is 12.3 Å². The van der Waals surface area contributed by atoms with E-state index in [-0.39, 0.29) is 11.7 Å². The van der Waals surface area contributed by atoms with Crippen LogP contribution in [0, 0.1) is 0 Å². The van der Waals surface area contributed by atoms with E-state index in [0.717, 1.165) is 11.3 Å². The van der Waals surface area contributed by atoms with Crippen molar-refractivity contribution in [2.24, 2.45) is 5.10 Å². The van der Waals surface area contributed by atoms with Crippen LogP contribution >= 0.6 is 0 Å². The van der Waals surface area contributed by atoms with Gasteiger partial charge in [-0.3, -0.25) is 4.79 Å². The zero-order valence-electron chi connectivity index (χ0n) is 12.5. The molecule has 2 aromatic carbocycles. The molecule has 0 aliphatic rings. The highest BCUT2D eigenvalue weighted by Crippen LogP contribution is 2.12. The zero-order valence-corrected chi connectivity index (χ0v) is 12.5. The molecule has 0 saturated heterocycles. The second-order valence-electron chi connectivity index (χ2n) is 4.64. The molecule has 22 heavy (non-hydrogen) atoms. The van der Waals surface area contributed by atoms with Gasteiger partial charge in [-0.25, -0.2) is 5.43 Å². The maximum atomic E-state index is 12.0. The van der Waals surface area contributed by atoms with Crippen LogP contribution in [0.3, 0.4) is 0 Å². The lowest BCUT2D eigenvalue weighted by Gasteiger charge is -2.05. The third kappa shape index (κ3) is 4.09. The van der Waals surface area contributed by atoms with Crippen molar-refractivity contribution in [3.63, 3.8) is 0 Å². The zero-order chi connectivity index (χ0) is 15.9. The van der Waals surface area contributed by atoms with E-state index in [1.54, 1.807) is 55.5 Å². The van der Waals surface area contributed by atoms with Crippen molar-refractivity contribution in [1.29, 1.82) is 0 Å². The summed E-state index contributed by atoms with van der Waals surface area (Å²) in [5, 5.41) is 13.3. The van der Waals surface area contributed by atoms with Gasteiger partial charge in [0.2, 0.25) is 0 Å². The highest BCUT2D eigenvalue weighted by Gasteiger charge is 2.05. The first-order valence-corrected chi connectivity index (χ1v) is 6.97. The van der Waals surface area contributed by atoms with Gasteiger partial charge >= 0.3 is 0 Å². The number of rotatable bonds is 5. The first-order valence-electron chi connectivity index (χ1n) is 6.97. The molecule has 2 rings (SSSR count). The van der Waals surface area contributed by atoms with E-state index in [4.69, 9.17) is 4.74 Å². The molecular formula is C17H18N2O3. The fourth-order valence-corrected chi connectivity index (χ4v) is 1.84. The molecule has 2 N–H and O–H groups in total. The SMILES string of the molecule is CCOc1ccc(C(=O)N/N=C(/C)c2ccc(O)cc2)cc1. The van der Waals surface area contributed by atoms with E-state index >= 15 is 0 Å². The Labute approximate surface area is 129 Å². The van der Waals surface area contributed by atoms with Crippen LogP contribution in [0.4, 0.5) is 0 Å². The third-order valence-corrected chi connectivity index (χ3v) is 3.04. The first kappa shape index (κ1) is 15.6. The summed E-state index contributed by atoms with van der Waals surface area (Å²) >= 11 is 0. The smallest absolute Gasteiger partial charge is 0.271 e. The first-order chi connectivity index (χ1) is 10.6. The van der Waals surface area contributed by atoms with Crippen molar-refractivity contribution in [3.8, 4) is 11.5 Å². The van der Waals surface area contributed by atoms with Gasteiger partial charge in [0, 0.05) is 5.56 Å². The second kappa shape index (κ2) is 7.26. The number of nitrogens with one attached hydrogen (secondary N) is 1. The molecule has 0 aliphatic carbocycles. The molecule has 0 saturated carbocycles. The highest BCUT2D eigenvalue weighted by atomic mass is 16.5. The average molecular weight is 298 g/mol. The Bertz CT molecular complexity index is 661. The molecule has 0 aromatic heterocycles. The van der Waals surface area contributed by atoms with E-state index in [2.05, 4.69) is 10.5 Å². The van der Waals surface area contributed by atoms with Gasteiger partial charge in [-0.15, -0.1) is 0 Å². The molecule has 5 nitrogen and oxygen atoms in total. The van der Waals surface area contributed by atoms with E-state index in [1.807, 2.05) is 6.92 Å². The molecule has 0 unspecified atom stereocenters. The molecule has 0 heterocycles. The molecule has 0 atom stereocenters. The van der Waals surface area contributed by atoms with Crippen molar-refractivity contribution in [1.82, 2.24) is 5.43 Å². The number of carbonyl (C=O) groups is 1. The van der Waals surface area contributed by atoms with Crippen molar-refractivity contribution < 1.29 is 14.6 Å². The van der Waals surface area contributed by atoms with Crippen LogP contribution in [0.1, 0.15) is 29.8 Å². The minimum Gasteiger partial charge on any atom is -0.508 e. The van der Waals surface area contributed by atoms with Gasteiger partial charge in [0.1, 0.15) is 11.5 Å². The minimum atomic E-state index is -0.291. The number of hydrogen-bond donors (Lipinski definition) is 2. The predicted molar refractivity (Wildman–Crippen MR) is 85.4 cm³/mol. The number of ether oxygens (including phenoxy) is 1. The average Bonchev–Trinajstić information content (AvgIpc) is 2.54. The Morgan fingerprint density at radius 1 is 1.09 bits per heavy atom. The molecule has 5 heteroatoms. The highest BCUT2D eigenvalue weighted by molar-refractivity contribution is 6.00. The summed E-state index contributed by atoms with van der Waals surface area (Å²) in [4.78, 5) is 12.0. The van der Waals surface area contributed by atoms with E-state index in [0.29, 0.717) is 17.9 Å². The molecular weight excluding hydrogens is 280 g/mol. The van der Waals surface area contributed by atoms with E-state index in [9.17, 15) is 9.90 Å². The van der Waals surface area contributed by atoms with Crippen molar-refractivity contribution >= 4 is 11.6 Å². The number of nitrogens with zero attached hydrogens (tertiary/aromatic N) is 1. The molecule has 0 spiro atoms. The van der Waals surface area contributed by atoms with Gasteiger partial charge < -0.3 is 9.84 Å². The molecule has 114 valence electrons. The summed E-state index contributed by atoms with van der Waals surface area (Å²) in [6, 6.07) is 13.5. The van der Waals surface area contributed by atoms with Crippen LogP contribution in [0.15, 0.2) is 53.6 Å². The Morgan fingerprint density at radius 2 is 1.68 bits per heavy atom. The summed E-state index contributed by atoms with van der Waals surface area (Å²) in [5.41, 5.74) is 4.49. The molecule has 0 bridgehead atoms. The Hall–Kier alpha value is -2.82. The number of carbonyl (C=O) groups excluding carboxylic acids is 1. The number of hydrazone groups is 1. The third-order valence-electron chi connectivity index (χ3n) is 3.04. The Morgan fingerprint density at radius 3 is 2.27 bits per heavy atom. The van der Waals surface area contributed by atoms with Gasteiger partial charge in [-0.05, 0) is 67.9 Å². The summed E-state index contributed by atoms with van der Waals surface area (Å²) in [6.07, 6.45) is 0. The summed E-state index contributed by atoms with van der Waals surface area (Å²) < 4.78 is 5.33. The van der Waals surface area contributed by atoms with Crippen LogP contribution in [0.5, 0.6) is 11.5 Å². The fraction of sp³-hybridized carbons (Fsp3) is 0.176. The number of phenolic OH excluding ortho intramolecular Hbond substituents is 1. The number of phenols is 1.